The van der Waals surface area contributed by atoms with E-state index in [1.165, 1.54) is 0 Å². The molecule has 1 aromatic rings. The van der Waals surface area contributed by atoms with Gasteiger partial charge in [-0.3, -0.25) is 0 Å². The highest BCUT2D eigenvalue weighted by Gasteiger charge is 2.03. The van der Waals surface area contributed by atoms with Crippen molar-refractivity contribution in [2.75, 3.05) is 32.1 Å². The van der Waals surface area contributed by atoms with Gasteiger partial charge < -0.3 is 19.8 Å². The Hall–Kier alpha value is -1.14. The number of methoxy groups -OCH3 is 1. The first-order valence-corrected chi connectivity index (χ1v) is 6.12. The van der Waals surface area contributed by atoms with Crippen LogP contribution < -0.4 is 10.6 Å². The molecule has 6 heteroatoms. The summed E-state index contributed by atoms with van der Waals surface area (Å²) in [7, 11) is 1.72. The first-order valence-electron chi connectivity index (χ1n) is 6.12. The van der Waals surface area contributed by atoms with Gasteiger partial charge in [0.25, 0.3) is 0 Å². The Balaban J connectivity index is 2.08. The third-order valence-corrected chi connectivity index (χ3v) is 2.29. The van der Waals surface area contributed by atoms with E-state index in [0.717, 1.165) is 39.0 Å². The summed E-state index contributed by atoms with van der Waals surface area (Å²) in [4.78, 5) is 0. The second-order valence-electron chi connectivity index (χ2n) is 3.76. The minimum absolute atomic E-state index is 0.504. The topological polar surface area (TPSA) is 72.2 Å². The summed E-state index contributed by atoms with van der Waals surface area (Å²) in [6.45, 7) is 5.24. The van der Waals surface area contributed by atoms with Crippen LogP contribution in [0.1, 0.15) is 32.1 Å². The van der Waals surface area contributed by atoms with E-state index >= 15 is 0 Å². The van der Waals surface area contributed by atoms with E-state index in [4.69, 9.17) is 9.15 Å². The van der Waals surface area contributed by atoms with Gasteiger partial charge in [-0.25, -0.2) is 0 Å². The second kappa shape index (κ2) is 8.95. The van der Waals surface area contributed by atoms with Gasteiger partial charge in [-0.05, 0) is 25.8 Å². The van der Waals surface area contributed by atoms with E-state index in [-0.39, 0.29) is 0 Å². The molecule has 0 amide bonds. The molecule has 0 saturated heterocycles. The quantitative estimate of drug-likeness (QED) is 0.604. The van der Waals surface area contributed by atoms with Crippen LogP contribution in [0.25, 0.3) is 0 Å². The molecule has 98 valence electrons. The highest BCUT2D eigenvalue weighted by atomic mass is 16.5. The average molecular weight is 242 g/mol. The van der Waals surface area contributed by atoms with Gasteiger partial charge in [0.2, 0.25) is 5.89 Å². The van der Waals surface area contributed by atoms with Crippen LogP contribution in [0.4, 0.5) is 6.01 Å². The zero-order chi connectivity index (χ0) is 12.3. The number of nitrogens with one attached hydrogen (secondary N) is 2. The Morgan fingerprint density at radius 3 is 2.88 bits per heavy atom. The molecule has 0 spiro atoms. The SMILES string of the molecule is CCNCc1nnc(NCCCCCOC)o1. The average Bonchev–Trinajstić information content (AvgIpc) is 2.79. The fraction of sp³-hybridized carbons (Fsp3) is 0.818. The van der Waals surface area contributed by atoms with Gasteiger partial charge in [0, 0.05) is 20.3 Å². The Bertz CT molecular complexity index is 291. The van der Waals surface area contributed by atoms with Crippen LogP contribution in [0, 0.1) is 0 Å². The molecular weight excluding hydrogens is 220 g/mol. The molecule has 0 bridgehead atoms. The molecule has 0 aliphatic rings. The summed E-state index contributed by atoms with van der Waals surface area (Å²) in [5, 5.41) is 14.1. The van der Waals surface area contributed by atoms with Crippen molar-refractivity contribution >= 4 is 6.01 Å². The molecule has 0 saturated carbocycles. The second-order valence-corrected chi connectivity index (χ2v) is 3.76. The van der Waals surface area contributed by atoms with Crippen molar-refractivity contribution in [2.45, 2.75) is 32.7 Å². The normalized spacial score (nSPS) is 10.7. The maximum atomic E-state index is 5.39. The molecule has 0 fully saturated rings. The molecule has 0 radical (unpaired) electrons. The number of nitrogens with zero attached hydrogens (tertiary/aromatic N) is 2. The van der Waals surface area contributed by atoms with Crippen LogP contribution in [-0.4, -0.2) is 37.0 Å². The molecule has 0 aliphatic heterocycles. The van der Waals surface area contributed by atoms with Gasteiger partial charge in [0.1, 0.15) is 0 Å². The molecule has 0 aromatic carbocycles. The van der Waals surface area contributed by atoms with Gasteiger partial charge >= 0.3 is 6.01 Å². The fourth-order valence-electron chi connectivity index (χ4n) is 1.37. The van der Waals surface area contributed by atoms with E-state index in [1.54, 1.807) is 7.11 Å². The third-order valence-electron chi connectivity index (χ3n) is 2.29. The number of hydrogen-bond donors (Lipinski definition) is 2. The molecule has 0 atom stereocenters. The Labute approximate surface area is 102 Å². The zero-order valence-corrected chi connectivity index (χ0v) is 10.7. The predicted octanol–water partition coefficient (Wildman–Crippen LogP) is 1.41. The number of ether oxygens (including phenoxy) is 1. The van der Waals surface area contributed by atoms with Crippen molar-refractivity contribution in [3.8, 4) is 0 Å². The first-order chi connectivity index (χ1) is 8.36. The van der Waals surface area contributed by atoms with E-state index in [0.29, 0.717) is 18.5 Å². The van der Waals surface area contributed by atoms with Crippen LogP contribution in [0.3, 0.4) is 0 Å². The van der Waals surface area contributed by atoms with Crippen molar-refractivity contribution < 1.29 is 9.15 Å². The molecule has 0 aliphatic carbocycles. The summed E-state index contributed by atoms with van der Waals surface area (Å²) < 4.78 is 10.4. The van der Waals surface area contributed by atoms with Crippen molar-refractivity contribution in [3.63, 3.8) is 0 Å². The van der Waals surface area contributed by atoms with Crippen LogP contribution in [-0.2, 0) is 11.3 Å². The van der Waals surface area contributed by atoms with E-state index < -0.39 is 0 Å². The number of hydrogen-bond acceptors (Lipinski definition) is 6. The molecule has 1 aromatic heterocycles. The Morgan fingerprint density at radius 1 is 1.24 bits per heavy atom. The lowest BCUT2D eigenvalue weighted by Gasteiger charge is -2.01. The van der Waals surface area contributed by atoms with Crippen molar-refractivity contribution in [2.24, 2.45) is 0 Å². The van der Waals surface area contributed by atoms with Crippen molar-refractivity contribution in [1.82, 2.24) is 15.5 Å². The number of unbranched alkanes of at least 4 members (excludes halogenated alkanes) is 2. The number of rotatable bonds is 10. The lowest BCUT2D eigenvalue weighted by Crippen LogP contribution is -2.11. The number of anilines is 1. The fourth-order valence-corrected chi connectivity index (χ4v) is 1.37. The molecule has 0 unspecified atom stereocenters. The van der Waals surface area contributed by atoms with E-state index in [9.17, 15) is 0 Å². The largest absolute Gasteiger partial charge is 0.407 e. The minimum atomic E-state index is 0.504. The maximum Gasteiger partial charge on any atom is 0.315 e. The molecule has 1 heterocycles. The smallest absolute Gasteiger partial charge is 0.315 e. The first kappa shape index (κ1) is 13.9. The zero-order valence-electron chi connectivity index (χ0n) is 10.7. The van der Waals surface area contributed by atoms with Crippen molar-refractivity contribution in [1.29, 1.82) is 0 Å². The van der Waals surface area contributed by atoms with Crippen LogP contribution in [0.2, 0.25) is 0 Å². The summed E-state index contributed by atoms with van der Waals surface area (Å²) in [5.41, 5.74) is 0. The lowest BCUT2D eigenvalue weighted by molar-refractivity contribution is 0.192. The summed E-state index contributed by atoms with van der Waals surface area (Å²) >= 11 is 0. The van der Waals surface area contributed by atoms with Gasteiger partial charge in [-0.2, -0.15) is 0 Å². The lowest BCUT2D eigenvalue weighted by atomic mass is 10.2. The molecule has 6 nitrogen and oxygen atoms in total. The third kappa shape index (κ3) is 6.23. The Kier molecular flexibility index (Phi) is 7.33. The van der Waals surface area contributed by atoms with Gasteiger partial charge in [0.15, 0.2) is 0 Å². The van der Waals surface area contributed by atoms with E-state index in [2.05, 4.69) is 20.8 Å². The maximum absolute atomic E-state index is 5.39. The molecule has 1 rings (SSSR count). The van der Waals surface area contributed by atoms with Crippen LogP contribution >= 0.6 is 0 Å². The minimum Gasteiger partial charge on any atom is -0.407 e. The standard InChI is InChI=1S/C11H22N4O2/c1-3-12-9-10-14-15-11(17-10)13-7-5-4-6-8-16-2/h12H,3-9H2,1-2H3,(H,13,15). The van der Waals surface area contributed by atoms with Crippen LogP contribution in [0.5, 0.6) is 0 Å². The Morgan fingerprint density at radius 2 is 2.12 bits per heavy atom. The summed E-state index contributed by atoms with van der Waals surface area (Å²) in [5.74, 6) is 0.619. The van der Waals surface area contributed by atoms with Gasteiger partial charge in [-0.1, -0.05) is 12.0 Å². The van der Waals surface area contributed by atoms with Crippen LogP contribution in [0.15, 0.2) is 4.42 Å². The van der Waals surface area contributed by atoms with Gasteiger partial charge in [-0.15, -0.1) is 5.10 Å². The summed E-state index contributed by atoms with van der Waals surface area (Å²) in [6.07, 6.45) is 3.31. The number of aromatic nitrogens is 2. The highest BCUT2D eigenvalue weighted by molar-refractivity contribution is 5.16. The van der Waals surface area contributed by atoms with E-state index in [1.807, 2.05) is 6.92 Å². The van der Waals surface area contributed by atoms with Crippen molar-refractivity contribution in [3.05, 3.63) is 5.89 Å². The molecule has 17 heavy (non-hydrogen) atoms. The molecular formula is C11H22N4O2. The predicted molar refractivity (Wildman–Crippen MR) is 65.9 cm³/mol. The highest BCUT2D eigenvalue weighted by Crippen LogP contribution is 2.05. The van der Waals surface area contributed by atoms with Gasteiger partial charge in [0.05, 0.1) is 6.54 Å². The molecule has 2 N–H and O–H groups in total. The monoisotopic (exact) mass is 242 g/mol. The summed E-state index contributed by atoms with van der Waals surface area (Å²) in [6, 6.07) is 0.504.